The first-order chi connectivity index (χ1) is 15.2. The molecule has 0 bridgehead atoms. The minimum absolute atomic E-state index is 0.00693. The number of halogens is 3. The van der Waals surface area contributed by atoms with Gasteiger partial charge in [-0.15, -0.1) is 0 Å². The third-order valence-electron chi connectivity index (χ3n) is 5.53. The van der Waals surface area contributed by atoms with Crippen LogP contribution >= 0.6 is 23.1 Å². The average molecular weight is 478 g/mol. The molecule has 2 amide bonds. The molecule has 2 aliphatic heterocycles. The monoisotopic (exact) mass is 478 g/mol. The molecule has 2 aliphatic rings. The lowest BCUT2D eigenvalue weighted by Gasteiger charge is -2.29. The highest BCUT2D eigenvalue weighted by Crippen LogP contribution is 2.54. The highest BCUT2D eigenvalue weighted by atomic mass is 32.2. The van der Waals surface area contributed by atoms with Crippen LogP contribution in [0.3, 0.4) is 0 Å². The molecule has 3 aromatic rings. The van der Waals surface area contributed by atoms with E-state index in [4.69, 9.17) is 0 Å². The maximum absolute atomic E-state index is 13.6. The topological polar surface area (TPSA) is 90.5 Å². The fourth-order valence-corrected chi connectivity index (χ4v) is 6.72. The van der Waals surface area contributed by atoms with Gasteiger partial charge in [-0.05, 0) is 29.8 Å². The number of imide groups is 1. The summed E-state index contributed by atoms with van der Waals surface area (Å²) in [5, 5.41) is 9.06. The number of aromatic amines is 1. The van der Waals surface area contributed by atoms with E-state index in [0.717, 1.165) is 35.2 Å². The van der Waals surface area contributed by atoms with E-state index in [1.807, 2.05) is 0 Å². The van der Waals surface area contributed by atoms with Crippen molar-refractivity contribution in [2.24, 2.45) is 5.92 Å². The Morgan fingerprint density at radius 1 is 0.969 bits per heavy atom. The Morgan fingerprint density at radius 3 is 2.34 bits per heavy atom. The number of phenols is 1. The van der Waals surface area contributed by atoms with Gasteiger partial charge in [0.15, 0.2) is 0 Å². The van der Waals surface area contributed by atoms with Crippen LogP contribution in [-0.4, -0.2) is 27.2 Å². The van der Waals surface area contributed by atoms with Crippen molar-refractivity contribution in [2.45, 2.75) is 22.4 Å². The van der Waals surface area contributed by atoms with Crippen LogP contribution in [0.5, 0.6) is 5.75 Å². The van der Waals surface area contributed by atoms with Crippen molar-refractivity contribution >= 4 is 40.6 Å². The Labute approximate surface area is 186 Å². The molecule has 32 heavy (non-hydrogen) atoms. The van der Waals surface area contributed by atoms with Gasteiger partial charge in [0.25, 0.3) is 0 Å². The molecule has 0 saturated carbocycles. The molecule has 1 fully saturated rings. The lowest BCUT2D eigenvalue weighted by atomic mass is 9.83. The second-order valence-electron chi connectivity index (χ2n) is 7.37. The zero-order chi connectivity index (χ0) is 22.8. The second kappa shape index (κ2) is 7.24. The van der Waals surface area contributed by atoms with Crippen LogP contribution < -0.4 is 9.77 Å². The van der Waals surface area contributed by atoms with Crippen LogP contribution in [0, 0.1) is 5.92 Å². The van der Waals surface area contributed by atoms with E-state index in [0.29, 0.717) is 20.4 Å². The summed E-state index contributed by atoms with van der Waals surface area (Å²) in [5.74, 6) is -3.25. The number of alkyl halides is 3. The van der Waals surface area contributed by atoms with E-state index >= 15 is 0 Å². The van der Waals surface area contributed by atoms with Crippen LogP contribution in [-0.2, 0) is 15.8 Å². The standard InChI is InChI=1S/C21H13F3N2O4S2/c22-21(23,24)11-3-1-2-4-12(11)26-18(28)14-13(9-5-7-10(27)8-6-9)15-17(25-20(30)32-15)31-16(14)19(26)29/h1-8,13-14,16,27H,(H,25,30)/t13-,14-,16+/m0/s1. The van der Waals surface area contributed by atoms with E-state index in [9.17, 15) is 32.7 Å². The molecule has 5 rings (SSSR count). The number of aromatic hydroxyl groups is 1. The molecule has 3 atom stereocenters. The molecule has 0 radical (unpaired) electrons. The van der Waals surface area contributed by atoms with E-state index < -0.39 is 46.3 Å². The number of rotatable bonds is 2. The van der Waals surface area contributed by atoms with Crippen molar-refractivity contribution in [1.82, 2.24) is 4.98 Å². The summed E-state index contributed by atoms with van der Waals surface area (Å²) in [4.78, 5) is 42.2. The number of benzene rings is 2. The third kappa shape index (κ3) is 3.15. The average Bonchev–Trinajstić information content (AvgIpc) is 3.23. The van der Waals surface area contributed by atoms with Crippen molar-refractivity contribution in [3.05, 3.63) is 74.2 Å². The first-order valence-corrected chi connectivity index (χ1v) is 11.1. The number of anilines is 1. The number of hydrogen-bond acceptors (Lipinski definition) is 6. The summed E-state index contributed by atoms with van der Waals surface area (Å²) in [5.41, 5.74) is -1.01. The smallest absolute Gasteiger partial charge is 0.418 e. The van der Waals surface area contributed by atoms with E-state index in [1.165, 1.54) is 24.3 Å². The minimum atomic E-state index is -4.75. The molecule has 6 nitrogen and oxygen atoms in total. The maximum Gasteiger partial charge on any atom is 0.418 e. The summed E-state index contributed by atoms with van der Waals surface area (Å²) in [6.45, 7) is 0. The van der Waals surface area contributed by atoms with E-state index in [1.54, 1.807) is 12.1 Å². The maximum atomic E-state index is 13.6. The van der Waals surface area contributed by atoms with Gasteiger partial charge in [0.05, 0.1) is 22.2 Å². The van der Waals surface area contributed by atoms with Crippen molar-refractivity contribution in [3.63, 3.8) is 0 Å². The van der Waals surface area contributed by atoms with E-state index in [2.05, 4.69) is 4.98 Å². The summed E-state index contributed by atoms with van der Waals surface area (Å²) < 4.78 is 40.8. The predicted octanol–water partition coefficient (Wildman–Crippen LogP) is 3.96. The molecule has 2 N–H and O–H groups in total. The third-order valence-corrected chi connectivity index (χ3v) is 7.93. The Balaban J connectivity index is 1.66. The number of nitrogens with zero attached hydrogens (tertiary/aromatic N) is 1. The number of H-pyrrole nitrogens is 1. The molecule has 3 heterocycles. The molecule has 1 aromatic heterocycles. The number of para-hydroxylation sites is 1. The summed E-state index contributed by atoms with van der Waals surface area (Å²) in [7, 11) is 0. The minimum Gasteiger partial charge on any atom is -0.508 e. The quantitative estimate of drug-likeness (QED) is 0.545. The number of hydrogen-bond donors (Lipinski definition) is 2. The van der Waals surface area contributed by atoms with Crippen LogP contribution in [0.15, 0.2) is 58.4 Å². The summed E-state index contributed by atoms with van der Waals surface area (Å²) in [6.07, 6.45) is -4.75. The zero-order valence-electron chi connectivity index (χ0n) is 15.9. The Kier molecular flexibility index (Phi) is 4.71. The van der Waals surface area contributed by atoms with Gasteiger partial charge in [-0.3, -0.25) is 14.4 Å². The van der Waals surface area contributed by atoms with Gasteiger partial charge in [-0.25, -0.2) is 4.90 Å². The van der Waals surface area contributed by atoms with E-state index in [-0.39, 0.29) is 10.6 Å². The van der Waals surface area contributed by atoms with Crippen molar-refractivity contribution < 1.29 is 27.9 Å². The fraction of sp³-hybridized carbons (Fsp3) is 0.190. The number of aromatic nitrogens is 1. The molecular weight excluding hydrogens is 465 g/mol. The first-order valence-electron chi connectivity index (χ1n) is 9.39. The van der Waals surface area contributed by atoms with Crippen molar-refractivity contribution in [1.29, 1.82) is 0 Å². The number of phenolic OH excluding ortho intramolecular Hbond substituents is 1. The highest BCUT2D eigenvalue weighted by molar-refractivity contribution is 8.00. The fourth-order valence-electron chi connectivity index (χ4n) is 4.20. The molecule has 0 spiro atoms. The van der Waals surface area contributed by atoms with Gasteiger partial charge < -0.3 is 10.1 Å². The lowest BCUT2D eigenvalue weighted by molar-refractivity contribution is -0.137. The van der Waals surface area contributed by atoms with Crippen LogP contribution in [0.25, 0.3) is 0 Å². The largest absolute Gasteiger partial charge is 0.508 e. The first kappa shape index (κ1) is 20.8. The SMILES string of the molecule is O=C1[C@H]2[C@H](c3ccc(O)cc3)c3sc(=O)[nH]c3S[C@H]2C(=O)N1c1ccccc1C(F)(F)F. The molecule has 164 valence electrons. The number of nitrogens with one attached hydrogen (secondary N) is 1. The number of fused-ring (bicyclic) bond motifs is 2. The normalized spacial score (nSPS) is 22.7. The molecular formula is C21H13F3N2O4S2. The Morgan fingerprint density at radius 2 is 1.66 bits per heavy atom. The predicted molar refractivity (Wildman–Crippen MR) is 112 cm³/mol. The number of amides is 2. The summed E-state index contributed by atoms with van der Waals surface area (Å²) in [6, 6.07) is 10.5. The number of thiazole rings is 1. The Bertz CT molecular complexity index is 1300. The molecule has 1 saturated heterocycles. The van der Waals surface area contributed by atoms with Crippen LogP contribution in [0.2, 0.25) is 0 Å². The second-order valence-corrected chi connectivity index (χ2v) is 9.53. The van der Waals surface area contributed by atoms with Gasteiger partial charge in [-0.1, -0.05) is 47.4 Å². The Hall–Kier alpha value is -3.05. The van der Waals surface area contributed by atoms with Crippen molar-refractivity contribution in [2.75, 3.05) is 4.90 Å². The van der Waals surface area contributed by atoms with Crippen LogP contribution in [0.1, 0.15) is 21.9 Å². The number of thioether (sulfide) groups is 1. The lowest BCUT2D eigenvalue weighted by Crippen LogP contribution is -2.33. The molecule has 0 aliphatic carbocycles. The number of carbonyl (C=O) groups is 2. The van der Waals surface area contributed by atoms with Gasteiger partial charge in [-0.2, -0.15) is 13.2 Å². The van der Waals surface area contributed by atoms with Gasteiger partial charge in [0.1, 0.15) is 11.0 Å². The summed E-state index contributed by atoms with van der Waals surface area (Å²) >= 11 is 1.88. The van der Waals surface area contributed by atoms with Gasteiger partial charge >= 0.3 is 11.0 Å². The molecule has 2 aromatic carbocycles. The molecule has 0 unspecified atom stereocenters. The van der Waals surface area contributed by atoms with Gasteiger partial charge in [0.2, 0.25) is 11.8 Å². The number of carbonyl (C=O) groups excluding carboxylic acids is 2. The molecule has 11 heteroatoms. The van der Waals surface area contributed by atoms with Crippen LogP contribution in [0.4, 0.5) is 18.9 Å². The zero-order valence-corrected chi connectivity index (χ0v) is 17.6. The highest BCUT2D eigenvalue weighted by Gasteiger charge is 2.57. The van der Waals surface area contributed by atoms with Crippen molar-refractivity contribution in [3.8, 4) is 5.75 Å². The van der Waals surface area contributed by atoms with Gasteiger partial charge in [0, 0.05) is 10.8 Å².